The molecule has 0 fully saturated rings. The van der Waals surface area contributed by atoms with Crippen LogP contribution < -0.4 is 11.2 Å². The Morgan fingerprint density at radius 2 is 2.11 bits per heavy atom. The molecule has 8 nitrogen and oxygen atoms in total. The van der Waals surface area contributed by atoms with Crippen LogP contribution in [0.5, 0.6) is 0 Å². The standard InChI is InChI=1S/CH8N4O4/c1-9-5(8)4(7)3(2)6/h5-7H,2H2,1H3. The monoisotopic (exact) mass is 140 g/mol. The van der Waals surface area contributed by atoms with Crippen molar-refractivity contribution >= 4 is 0 Å². The van der Waals surface area contributed by atoms with Crippen molar-refractivity contribution in [2.75, 3.05) is 7.11 Å². The van der Waals surface area contributed by atoms with Gasteiger partial charge in [0.2, 0.25) is 0 Å². The number of nitrogens with zero attached hydrogens (tertiary/aromatic N) is 2. The van der Waals surface area contributed by atoms with Gasteiger partial charge in [0.05, 0.1) is 7.11 Å². The molecule has 0 aliphatic heterocycles. The second-order valence-corrected chi connectivity index (χ2v) is 1.08. The molecule has 0 aliphatic rings. The molecule has 0 radical (unpaired) electrons. The van der Waals surface area contributed by atoms with Crippen LogP contribution in [0.25, 0.3) is 0 Å². The predicted octanol–water partition coefficient (Wildman–Crippen LogP) is -2.98. The van der Waals surface area contributed by atoms with Crippen LogP contribution in [-0.2, 0) is 4.84 Å². The van der Waals surface area contributed by atoms with E-state index in [1.54, 1.807) is 0 Å². The summed E-state index contributed by atoms with van der Waals surface area (Å²) < 4.78 is 0. The highest BCUT2D eigenvalue weighted by Crippen LogP contribution is 1.64. The van der Waals surface area contributed by atoms with Crippen LogP contribution in [-0.4, -0.2) is 28.1 Å². The maximum atomic E-state index is 10.1. The summed E-state index contributed by atoms with van der Waals surface area (Å²) in [7, 11) is 1.02. The zero-order valence-electron chi connectivity index (χ0n) is 4.68. The summed E-state index contributed by atoms with van der Waals surface area (Å²) in [6.07, 6.45) is 0. The maximum Gasteiger partial charge on any atom is 0.123 e. The van der Waals surface area contributed by atoms with Gasteiger partial charge in [0.25, 0.3) is 0 Å². The Balaban J connectivity index is 3.58. The lowest BCUT2D eigenvalue weighted by Crippen LogP contribution is -3.14. The summed E-state index contributed by atoms with van der Waals surface area (Å²) in [6, 6.07) is 0. The molecule has 9 heavy (non-hydrogen) atoms. The van der Waals surface area contributed by atoms with Crippen molar-refractivity contribution in [2.24, 2.45) is 5.84 Å². The fourth-order valence-electron chi connectivity index (χ4n) is 0.165. The number of hydrogen-bond acceptors (Lipinski definition) is 7. The molecule has 0 saturated carbocycles. The topological polar surface area (TPSA) is 110 Å². The fourth-order valence-corrected chi connectivity index (χ4v) is 0.165. The van der Waals surface area contributed by atoms with Crippen LogP contribution in [0.1, 0.15) is 0 Å². The van der Waals surface area contributed by atoms with E-state index in [4.69, 9.17) is 10.4 Å². The van der Waals surface area contributed by atoms with E-state index in [0.29, 0.717) is 0 Å². The van der Waals surface area contributed by atoms with Crippen molar-refractivity contribution < 1.29 is 20.6 Å². The van der Waals surface area contributed by atoms with E-state index in [1.807, 2.05) is 0 Å². The number of quaternary nitrogens is 1. The molecule has 0 aromatic rings. The quantitative estimate of drug-likeness (QED) is 0.244. The molecule has 56 valence electrons. The predicted molar refractivity (Wildman–Crippen MR) is 22.8 cm³/mol. The van der Waals surface area contributed by atoms with Crippen LogP contribution in [0.15, 0.2) is 0 Å². The van der Waals surface area contributed by atoms with Crippen LogP contribution >= 0.6 is 0 Å². The highest BCUT2D eigenvalue weighted by Gasteiger charge is 2.12. The maximum absolute atomic E-state index is 10.1. The van der Waals surface area contributed by atoms with Gasteiger partial charge in [-0.25, -0.2) is 11.0 Å². The van der Waals surface area contributed by atoms with E-state index in [9.17, 15) is 5.21 Å². The summed E-state index contributed by atoms with van der Waals surface area (Å²) in [5, 5.41) is 24.7. The molecule has 0 aliphatic carbocycles. The minimum absolute atomic E-state index is 0.306. The van der Waals surface area contributed by atoms with Crippen molar-refractivity contribution in [3.05, 3.63) is 5.21 Å². The number of hydrazine groups is 2. The Hall–Kier alpha value is -0.320. The second-order valence-electron chi connectivity index (χ2n) is 1.08. The van der Waals surface area contributed by atoms with Crippen molar-refractivity contribution in [3.8, 4) is 0 Å². The first kappa shape index (κ1) is 8.68. The van der Waals surface area contributed by atoms with Gasteiger partial charge >= 0.3 is 0 Å². The third-order valence-electron chi connectivity index (χ3n) is 0.532. The number of nitrogens with one attached hydrogen (secondary N) is 1. The van der Waals surface area contributed by atoms with Gasteiger partial charge in [0, 0.05) is 5.28 Å². The summed E-state index contributed by atoms with van der Waals surface area (Å²) >= 11 is 0. The smallest absolute Gasteiger partial charge is 0.123 e. The van der Waals surface area contributed by atoms with Crippen molar-refractivity contribution in [1.29, 1.82) is 0 Å². The number of nitrogens with two attached hydrogens (primary N) is 1. The molecule has 5 N–H and O–H groups in total. The lowest BCUT2D eigenvalue weighted by molar-refractivity contribution is -1.19. The first-order valence-electron chi connectivity index (χ1n) is 1.90. The van der Waals surface area contributed by atoms with E-state index in [-0.39, 0.29) is 10.6 Å². The molecule has 0 saturated heterocycles. The van der Waals surface area contributed by atoms with Gasteiger partial charge < -0.3 is 5.21 Å². The number of hydrogen-bond donors (Lipinski definition) is 4. The molecule has 1 unspecified atom stereocenters. The van der Waals surface area contributed by atoms with Crippen molar-refractivity contribution in [1.82, 2.24) is 10.6 Å². The Morgan fingerprint density at radius 3 is 2.22 bits per heavy atom. The average molecular weight is 140 g/mol. The molecule has 8 heteroatoms. The fraction of sp³-hybridized carbons (Fsp3) is 1.00. The summed E-state index contributed by atoms with van der Waals surface area (Å²) in [4.78, 5) is 3.93. The average Bonchev–Trinajstić information content (AvgIpc) is 1.84. The lowest BCUT2D eigenvalue weighted by atomic mass is 11.7. The molecular formula is CH8N4O4. The molecule has 0 spiro atoms. The molecule has 1 atom stereocenters. The Kier molecular flexibility index (Phi) is 3.53. The minimum atomic E-state index is -1.18. The van der Waals surface area contributed by atoms with Crippen LogP contribution in [0.4, 0.5) is 0 Å². The van der Waals surface area contributed by atoms with Gasteiger partial charge in [-0.2, -0.15) is 4.84 Å². The minimum Gasteiger partial charge on any atom is -0.576 e. The summed E-state index contributed by atoms with van der Waals surface area (Å²) in [5.41, 5.74) is 0. The molecule has 0 heterocycles. The largest absolute Gasteiger partial charge is 0.576 e. The van der Waals surface area contributed by atoms with Crippen LogP contribution in [0, 0.1) is 5.21 Å². The second kappa shape index (κ2) is 3.66. The SMILES string of the molecule is CO[NH+]([O-])N(O)N(N)O. The zero-order chi connectivity index (χ0) is 7.44. The van der Waals surface area contributed by atoms with E-state index in [0.717, 1.165) is 7.11 Å². The van der Waals surface area contributed by atoms with Crippen LogP contribution in [0.3, 0.4) is 0 Å². The Labute approximate surface area is 50.6 Å². The van der Waals surface area contributed by atoms with E-state index in [1.165, 1.54) is 0 Å². The van der Waals surface area contributed by atoms with Gasteiger partial charge in [-0.3, -0.25) is 5.21 Å². The van der Waals surface area contributed by atoms with Gasteiger partial charge in [0.15, 0.2) is 0 Å². The van der Waals surface area contributed by atoms with Gasteiger partial charge in [-0.05, 0) is 0 Å². The van der Waals surface area contributed by atoms with Gasteiger partial charge in [-0.15, -0.1) is 5.34 Å². The highest BCUT2D eigenvalue weighted by atomic mass is 17.0. The molecule has 0 bridgehead atoms. The lowest BCUT2D eigenvalue weighted by Gasteiger charge is -2.24. The van der Waals surface area contributed by atoms with Crippen LogP contribution in [0.2, 0.25) is 0 Å². The summed E-state index contributed by atoms with van der Waals surface area (Å²) in [6.45, 7) is 0. The first-order chi connectivity index (χ1) is 4.09. The molecule has 0 rings (SSSR count). The van der Waals surface area contributed by atoms with Gasteiger partial charge in [-0.1, -0.05) is 0 Å². The van der Waals surface area contributed by atoms with Crippen molar-refractivity contribution in [3.63, 3.8) is 0 Å². The first-order valence-corrected chi connectivity index (χ1v) is 1.90. The van der Waals surface area contributed by atoms with E-state index in [2.05, 4.69) is 10.7 Å². The van der Waals surface area contributed by atoms with E-state index < -0.39 is 5.34 Å². The normalized spacial score (nSPS) is 15.0. The third kappa shape index (κ3) is 2.64. The van der Waals surface area contributed by atoms with Gasteiger partial charge in [0.1, 0.15) is 5.28 Å². The highest BCUT2D eigenvalue weighted by molar-refractivity contribution is 3.87. The molecule has 0 aromatic carbocycles. The Bertz CT molecular complexity index is 77.0. The molecule has 0 amide bonds. The Morgan fingerprint density at radius 1 is 1.67 bits per heavy atom. The van der Waals surface area contributed by atoms with E-state index >= 15 is 0 Å². The van der Waals surface area contributed by atoms with Crippen molar-refractivity contribution in [2.45, 2.75) is 0 Å². The zero-order valence-corrected chi connectivity index (χ0v) is 4.68. The molecular weight excluding hydrogens is 132 g/mol. The summed E-state index contributed by atoms with van der Waals surface area (Å²) in [5.74, 6) is 4.48. The molecule has 0 aromatic heterocycles. The number of rotatable bonds is 3. The third-order valence-corrected chi connectivity index (χ3v) is 0.532.